The molecule has 0 saturated carbocycles. The molecule has 0 amide bonds. The summed E-state index contributed by atoms with van der Waals surface area (Å²) in [5.41, 5.74) is 0.128. The van der Waals surface area contributed by atoms with Crippen molar-refractivity contribution in [1.82, 2.24) is 5.32 Å². The third-order valence-corrected chi connectivity index (χ3v) is 3.20. The van der Waals surface area contributed by atoms with Gasteiger partial charge in [0.1, 0.15) is 17.0 Å². The van der Waals surface area contributed by atoms with Gasteiger partial charge in [0.15, 0.2) is 0 Å². The lowest BCUT2D eigenvalue weighted by Crippen LogP contribution is -2.35. The maximum atomic E-state index is 9.49. The van der Waals surface area contributed by atoms with E-state index in [1.165, 1.54) is 0 Å². The minimum absolute atomic E-state index is 0.683. The summed E-state index contributed by atoms with van der Waals surface area (Å²) in [6.45, 7) is 0.842. The lowest BCUT2D eigenvalue weighted by molar-refractivity contribution is 0.359. The van der Waals surface area contributed by atoms with Crippen LogP contribution in [0.3, 0.4) is 0 Å². The summed E-state index contributed by atoms with van der Waals surface area (Å²) < 4.78 is 10.7. The molecule has 0 aromatic heterocycles. The van der Waals surface area contributed by atoms with Crippen molar-refractivity contribution < 1.29 is 9.47 Å². The molecule has 17 heavy (non-hydrogen) atoms. The summed E-state index contributed by atoms with van der Waals surface area (Å²) in [4.78, 5) is 0. The molecular weight excluding hydrogens is 216 g/mol. The van der Waals surface area contributed by atoms with Crippen LogP contribution in [0.15, 0.2) is 18.2 Å². The summed E-state index contributed by atoms with van der Waals surface area (Å²) in [5.74, 6) is 1.39. The Hall–Kier alpha value is -1.73. The van der Waals surface area contributed by atoms with E-state index in [0.29, 0.717) is 11.5 Å². The molecule has 1 fully saturated rings. The van der Waals surface area contributed by atoms with Crippen LogP contribution >= 0.6 is 0 Å². The highest BCUT2D eigenvalue weighted by atomic mass is 16.5. The van der Waals surface area contributed by atoms with Crippen LogP contribution in [-0.2, 0) is 5.54 Å². The van der Waals surface area contributed by atoms with Crippen molar-refractivity contribution in [2.45, 2.75) is 18.4 Å². The van der Waals surface area contributed by atoms with Crippen LogP contribution in [0.1, 0.15) is 18.4 Å². The van der Waals surface area contributed by atoms with Crippen LogP contribution in [0.25, 0.3) is 0 Å². The Morgan fingerprint density at radius 3 is 2.35 bits per heavy atom. The fourth-order valence-electron chi connectivity index (χ4n) is 2.38. The monoisotopic (exact) mass is 232 g/mol. The van der Waals surface area contributed by atoms with Gasteiger partial charge in [-0.3, -0.25) is 5.32 Å². The standard InChI is InChI=1S/C13H16N2O2/c1-16-10-5-3-6-11(17-2)12(10)13(9-14)7-4-8-15-13/h3,5-6,15H,4,7-8H2,1-2H3. The highest BCUT2D eigenvalue weighted by Crippen LogP contribution is 2.41. The molecule has 0 spiro atoms. The molecule has 1 saturated heterocycles. The Morgan fingerprint density at radius 1 is 1.29 bits per heavy atom. The van der Waals surface area contributed by atoms with Gasteiger partial charge in [-0.25, -0.2) is 0 Å². The molecule has 1 aliphatic rings. The summed E-state index contributed by atoms with van der Waals surface area (Å²) >= 11 is 0. The second kappa shape index (κ2) is 4.64. The zero-order valence-corrected chi connectivity index (χ0v) is 10.1. The summed E-state index contributed by atoms with van der Waals surface area (Å²) in [6.07, 6.45) is 1.76. The fourth-order valence-corrected chi connectivity index (χ4v) is 2.38. The molecule has 0 radical (unpaired) electrons. The average Bonchev–Trinajstić information content (AvgIpc) is 2.87. The third kappa shape index (κ3) is 1.83. The van der Waals surface area contributed by atoms with Gasteiger partial charge in [-0.2, -0.15) is 5.26 Å². The quantitative estimate of drug-likeness (QED) is 0.863. The molecule has 1 N–H and O–H groups in total. The SMILES string of the molecule is COc1cccc(OC)c1C1(C#N)CCCN1. The topological polar surface area (TPSA) is 54.3 Å². The van der Waals surface area contributed by atoms with Gasteiger partial charge >= 0.3 is 0 Å². The molecule has 1 unspecified atom stereocenters. The Morgan fingerprint density at radius 2 is 1.94 bits per heavy atom. The number of nitriles is 1. The average molecular weight is 232 g/mol. The van der Waals surface area contributed by atoms with E-state index in [0.717, 1.165) is 24.9 Å². The minimum Gasteiger partial charge on any atom is -0.496 e. The maximum Gasteiger partial charge on any atom is 0.139 e. The minimum atomic E-state index is -0.683. The van der Waals surface area contributed by atoms with E-state index in [1.54, 1.807) is 14.2 Å². The first-order valence-electron chi connectivity index (χ1n) is 5.65. The number of nitrogens with one attached hydrogen (secondary N) is 1. The molecule has 4 heteroatoms. The molecule has 0 aliphatic carbocycles. The lowest BCUT2D eigenvalue weighted by Gasteiger charge is -2.25. The van der Waals surface area contributed by atoms with E-state index in [1.807, 2.05) is 18.2 Å². The van der Waals surface area contributed by atoms with Gasteiger partial charge in [-0.1, -0.05) is 6.07 Å². The lowest BCUT2D eigenvalue weighted by atomic mass is 9.88. The van der Waals surface area contributed by atoms with Crippen molar-refractivity contribution in [3.05, 3.63) is 23.8 Å². The molecular formula is C13H16N2O2. The Labute approximate surface area is 101 Å². The fraction of sp³-hybridized carbons (Fsp3) is 0.462. The first-order chi connectivity index (χ1) is 8.27. The second-order valence-electron chi connectivity index (χ2n) is 4.08. The number of ether oxygens (including phenoxy) is 2. The molecule has 1 aromatic carbocycles. The van der Waals surface area contributed by atoms with Crippen LogP contribution in [0, 0.1) is 11.3 Å². The van der Waals surface area contributed by atoms with Gasteiger partial charge in [-0.05, 0) is 31.5 Å². The van der Waals surface area contributed by atoms with Crippen LogP contribution in [0.5, 0.6) is 11.5 Å². The normalized spacial score (nSPS) is 23.1. The van der Waals surface area contributed by atoms with E-state index in [4.69, 9.17) is 9.47 Å². The van der Waals surface area contributed by atoms with Gasteiger partial charge in [-0.15, -0.1) is 0 Å². The smallest absolute Gasteiger partial charge is 0.139 e. The number of nitrogens with zero attached hydrogens (tertiary/aromatic N) is 1. The van der Waals surface area contributed by atoms with Gasteiger partial charge in [0.2, 0.25) is 0 Å². The molecule has 1 atom stereocenters. The molecule has 90 valence electrons. The number of benzene rings is 1. The third-order valence-electron chi connectivity index (χ3n) is 3.20. The Bertz CT molecular complexity index is 423. The van der Waals surface area contributed by atoms with E-state index in [9.17, 15) is 5.26 Å². The van der Waals surface area contributed by atoms with Crippen molar-refractivity contribution in [2.24, 2.45) is 0 Å². The van der Waals surface area contributed by atoms with Crippen molar-refractivity contribution >= 4 is 0 Å². The van der Waals surface area contributed by atoms with Crippen molar-refractivity contribution in [3.8, 4) is 17.6 Å². The molecule has 1 aromatic rings. The second-order valence-corrected chi connectivity index (χ2v) is 4.08. The maximum absolute atomic E-state index is 9.49. The largest absolute Gasteiger partial charge is 0.496 e. The van der Waals surface area contributed by atoms with Crippen LogP contribution < -0.4 is 14.8 Å². The van der Waals surface area contributed by atoms with Gasteiger partial charge in [0.05, 0.1) is 25.9 Å². The van der Waals surface area contributed by atoms with Gasteiger partial charge in [0.25, 0.3) is 0 Å². The molecule has 1 aliphatic heterocycles. The molecule has 0 bridgehead atoms. The van der Waals surface area contributed by atoms with E-state index in [-0.39, 0.29) is 0 Å². The highest BCUT2D eigenvalue weighted by Gasteiger charge is 2.40. The first kappa shape index (κ1) is 11.7. The number of methoxy groups -OCH3 is 2. The van der Waals surface area contributed by atoms with E-state index < -0.39 is 5.54 Å². The van der Waals surface area contributed by atoms with Gasteiger partial charge < -0.3 is 9.47 Å². The summed E-state index contributed by atoms with van der Waals surface area (Å²) in [6, 6.07) is 7.95. The first-order valence-corrected chi connectivity index (χ1v) is 5.65. The van der Waals surface area contributed by atoms with E-state index >= 15 is 0 Å². The number of hydrogen-bond acceptors (Lipinski definition) is 4. The number of rotatable bonds is 3. The molecule has 2 rings (SSSR count). The van der Waals surface area contributed by atoms with E-state index in [2.05, 4.69) is 11.4 Å². The zero-order chi connectivity index (χ0) is 12.3. The number of hydrogen-bond donors (Lipinski definition) is 1. The Kier molecular flexibility index (Phi) is 3.21. The van der Waals surface area contributed by atoms with Crippen molar-refractivity contribution in [1.29, 1.82) is 5.26 Å². The van der Waals surface area contributed by atoms with Crippen LogP contribution in [-0.4, -0.2) is 20.8 Å². The predicted octanol–water partition coefficient (Wildman–Crippen LogP) is 1.81. The van der Waals surface area contributed by atoms with Crippen LogP contribution in [0.4, 0.5) is 0 Å². The molecule has 4 nitrogen and oxygen atoms in total. The van der Waals surface area contributed by atoms with Crippen molar-refractivity contribution in [2.75, 3.05) is 20.8 Å². The van der Waals surface area contributed by atoms with Gasteiger partial charge in [0, 0.05) is 0 Å². The van der Waals surface area contributed by atoms with Crippen molar-refractivity contribution in [3.63, 3.8) is 0 Å². The predicted molar refractivity (Wildman–Crippen MR) is 64.1 cm³/mol. The zero-order valence-electron chi connectivity index (χ0n) is 10.1. The summed E-state index contributed by atoms with van der Waals surface area (Å²) in [7, 11) is 3.22. The highest BCUT2D eigenvalue weighted by molar-refractivity contribution is 5.52. The summed E-state index contributed by atoms with van der Waals surface area (Å²) in [5, 5.41) is 12.8. The Balaban J connectivity index is 2.59. The molecule has 1 heterocycles. The van der Waals surface area contributed by atoms with Crippen LogP contribution in [0.2, 0.25) is 0 Å².